The van der Waals surface area contributed by atoms with Gasteiger partial charge in [0.05, 0.1) is 5.69 Å². The summed E-state index contributed by atoms with van der Waals surface area (Å²) < 4.78 is 4.56. The van der Waals surface area contributed by atoms with E-state index in [1.807, 2.05) is 0 Å². The molecule has 0 unspecified atom stereocenters. The lowest BCUT2D eigenvalue weighted by Gasteiger charge is -1.92. The molecule has 1 rings (SSSR count). The van der Waals surface area contributed by atoms with E-state index in [4.69, 9.17) is 10.2 Å². The van der Waals surface area contributed by atoms with Gasteiger partial charge in [-0.15, -0.1) is 0 Å². The van der Waals surface area contributed by atoms with Crippen LogP contribution in [0.2, 0.25) is 0 Å². The Labute approximate surface area is 72.8 Å². The van der Waals surface area contributed by atoms with Gasteiger partial charge in [-0.25, -0.2) is 4.79 Å². The smallest absolute Gasteiger partial charge is 0.341 e. The van der Waals surface area contributed by atoms with Crippen LogP contribution < -0.4 is 0 Å². The molecule has 0 aliphatic heterocycles. The zero-order valence-electron chi connectivity index (χ0n) is 6.77. The van der Waals surface area contributed by atoms with Crippen molar-refractivity contribution in [2.75, 3.05) is 0 Å². The summed E-state index contributed by atoms with van der Waals surface area (Å²) in [5, 5.41) is 20.4. The standard InChI is InChI=1S/C7H7NO5/c1-3-6(7(11)12)4(13-8-3)2-5(9)10/h2H2,1H3,(H,9,10)(H,11,12). The van der Waals surface area contributed by atoms with Crippen LogP contribution in [-0.2, 0) is 11.2 Å². The van der Waals surface area contributed by atoms with Gasteiger partial charge in [-0.2, -0.15) is 0 Å². The third kappa shape index (κ3) is 1.84. The van der Waals surface area contributed by atoms with Gasteiger partial charge in [0.2, 0.25) is 0 Å². The van der Waals surface area contributed by atoms with Gasteiger partial charge in [-0.3, -0.25) is 4.79 Å². The van der Waals surface area contributed by atoms with Gasteiger partial charge in [0.25, 0.3) is 0 Å². The minimum Gasteiger partial charge on any atom is -0.481 e. The Hall–Kier alpha value is -1.85. The number of hydrogen-bond donors (Lipinski definition) is 2. The van der Waals surface area contributed by atoms with Crippen LogP contribution in [0, 0.1) is 6.92 Å². The highest BCUT2D eigenvalue weighted by atomic mass is 16.5. The summed E-state index contributed by atoms with van der Waals surface area (Å²) in [6.07, 6.45) is -0.470. The van der Waals surface area contributed by atoms with Crippen LogP contribution in [0.4, 0.5) is 0 Å². The van der Waals surface area contributed by atoms with E-state index in [9.17, 15) is 9.59 Å². The van der Waals surface area contributed by atoms with E-state index < -0.39 is 18.4 Å². The first kappa shape index (κ1) is 9.24. The topological polar surface area (TPSA) is 101 Å². The fourth-order valence-corrected chi connectivity index (χ4v) is 0.949. The minimum atomic E-state index is -1.23. The number of carboxylic acids is 2. The van der Waals surface area contributed by atoms with Crippen molar-refractivity contribution < 1.29 is 24.3 Å². The predicted molar refractivity (Wildman–Crippen MR) is 39.5 cm³/mol. The second-order valence-corrected chi connectivity index (χ2v) is 2.44. The van der Waals surface area contributed by atoms with Crippen molar-refractivity contribution in [2.45, 2.75) is 13.3 Å². The molecule has 0 aliphatic rings. The Morgan fingerprint density at radius 2 is 2.08 bits per heavy atom. The largest absolute Gasteiger partial charge is 0.481 e. The number of aromatic nitrogens is 1. The Bertz CT molecular complexity index is 354. The molecule has 2 N–H and O–H groups in total. The molecule has 0 saturated heterocycles. The highest BCUT2D eigenvalue weighted by Crippen LogP contribution is 2.13. The lowest BCUT2D eigenvalue weighted by atomic mass is 10.1. The summed E-state index contributed by atoms with van der Waals surface area (Å²) in [6, 6.07) is 0. The molecule has 0 bridgehead atoms. The SMILES string of the molecule is Cc1noc(CC(=O)O)c1C(=O)O. The third-order valence-electron chi connectivity index (χ3n) is 1.46. The van der Waals surface area contributed by atoms with Crippen LogP contribution in [-0.4, -0.2) is 27.3 Å². The number of carbonyl (C=O) groups is 2. The van der Waals surface area contributed by atoms with Gasteiger partial charge < -0.3 is 14.7 Å². The van der Waals surface area contributed by atoms with E-state index in [0.717, 1.165) is 0 Å². The Balaban J connectivity index is 3.07. The molecule has 0 aliphatic carbocycles. The number of nitrogens with zero attached hydrogens (tertiary/aromatic N) is 1. The monoisotopic (exact) mass is 185 g/mol. The van der Waals surface area contributed by atoms with E-state index >= 15 is 0 Å². The van der Waals surface area contributed by atoms with Crippen LogP contribution in [0.15, 0.2) is 4.52 Å². The number of hydrogen-bond acceptors (Lipinski definition) is 4. The van der Waals surface area contributed by atoms with E-state index in [2.05, 4.69) is 9.68 Å². The number of aromatic carboxylic acids is 1. The van der Waals surface area contributed by atoms with Crippen LogP contribution in [0.25, 0.3) is 0 Å². The third-order valence-corrected chi connectivity index (χ3v) is 1.46. The second-order valence-electron chi connectivity index (χ2n) is 2.44. The molecule has 13 heavy (non-hydrogen) atoms. The van der Waals surface area contributed by atoms with Crippen molar-refractivity contribution in [1.29, 1.82) is 0 Å². The maximum Gasteiger partial charge on any atom is 0.341 e. The lowest BCUT2D eigenvalue weighted by Crippen LogP contribution is -2.06. The van der Waals surface area contributed by atoms with Gasteiger partial charge in [-0.1, -0.05) is 5.16 Å². The number of aliphatic carboxylic acids is 1. The van der Waals surface area contributed by atoms with Crippen molar-refractivity contribution in [1.82, 2.24) is 5.16 Å². The van der Waals surface area contributed by atoms with E-state index in [1.165, 1.54) is 6.92 Å². The summed E-state index contributed by atoms with van der Waals surface area (Å²) in [5.41, 5.74) is 0.0196. The van der Waals surface area contributed by atoms with Crippen LogP contribution in [0.3, 0.4) is 0 Å². The first-order valence-electron chi connectivity index (χ1n) is 3.42. The van der Waals surface area contributed by atoms with Crippen LogP contribution in [0.5, 0.6) is 0 Å². The maximum atomic E-state index is 10.6. The van der Waals surface area contributed by atoms with Gasteiger partial charge in [0.1, 0.15) is 12.0 Å². The molecule has 0 radical (unpaired) electrons. The maximum absolute atomic E-state index is 10.6. The molecule has 0 fully saturated rings. The Morgan fingerprint density at radius 1 is 1.46 bits per heavy atom. The molecule has 0 aromatic carbocycles. The summed E-state index contributed by atoms with van der Waals surface area (Å²) in [5.74, 6) is -2.51. The fourth-order valence-electron chi connectivity index (χ4n) is 0.949. The normalized spacial score (nSPS) is 9.92. The summed E-state index contributed by atoms with van der Waals surface area (Å²) >= 11 is 0. The summed E-state index contributed by atoms with van der Waals surface area (Å²) in [4.78, 5) is 20.9. The summed E-state index contributed by atoms with van der Waals surface area (Å²) in [7, 11) is 0. The predicted octanol–water partition coefficient (Wildman–Crippen LogP) is 0.308. The quantitative estimate of drug-likeness (QED) is 0.702. The molecule has 0 amide bonds. The first-order chi connectivity index (χ1) is 6.02. The zero-order valence-corrected chi connectivity index (χ0v) is 6.77. The number of carboxylic acid groups (broad SMARTS) is 2. The van der Waals surface area contributed by atoms with Crippen molar-refractivity contribution in [3.63, 3.8) is 0 Å². The van der Waals surface area contributed by atoms with Crippen molar-refractivity contribution in [2.24, 2.45) is 0 Å². The highest BCUT2D eigenvalue weighted by molar-refractivity contribution is 5.91. The van der Waals surface area contributed by atoms with Crippen molar-refractivity contribution in [3.8, 4) is 0 Å². The van der Waals surface area contributed by atoms with E-state index in [0.29, 0.717) is 0 Å². The van der Waals surface area contributed by atoms with Crippen LogP contribution >= 0.6 is 0 Å². The fraction of sp³-hybridized carbons (Fsp3) is 0.286. The molecule has 1 heterocycles. The van der Waals surface area contributed by atoms with E-state index in [-0.39, 0.29) is 17.0 Å². The molecule has 0 spiro atoms. The molecule has 6 nitrogen and oxygen atoms in total. The molecule has 6 heteroatoms. The minimum absolute atomic E-state index is 0.127. The molecule has 70 valence electrons. The average molecular weight is 185 g/mol. The second kappa shape index (κ2) is 3.26. The van der Waals surface area contributed by atoms with Crippen molar-refractivity contribution in [3.05, 3.63) is 17.0 Å². The number of rotatable bonds is 3. The van der Waals surface area contributed by atoms with Gasteiger partial charge in [-0.05, 0) is 6.92 Å². The molecule has 1 aromatic rings. The Morgan fingerprint density at radius 3 is 2.54 bits per heavy atom. The number of aryl methyl sites for hydroxylation is 1. The Kier molecular flexibility index (Phi) is 2.32. The molecular weight excluding hydrogens is 178 g/mol. The van der Waals surface area contributed by atoms with Gasteiger partial charge in [0.15, 0.2) is 5.76 Å². The average Bonchev–Trinajstić information content (AvgIpc) is 2.30. The first-order valence-corrected chi connectivity index (χ1v) is 3.42. The summed E-state index contributed by atoms with van der Waals surface area (Å²) in [6.45, 7) is 1.44. The lowest BCUT2D eigenvalue weighted by molar-refractivity contribution is -0.136. The zero-order chi connectivity index (χ0) is 10.0. The van der Waals surface area contributed by atoms with Crippen LogP contribution in [0.1, 0.15) is 21.8 Å². The molecule has 0 saturated carbocycles. The van der Waals surface area contributed by atoms with E-state index in [1.54, 1.807) is 0 Å². The van der Waals surface area contributed by atoms with Gasteiger partial charge in [0, 0.05) is 0 Å². The molecule has 0 atom stereocenters. The highest BCUT2D eigenvalue weighted by Gasteiger charge is 2.21. The molecular formula is C7H7NO5. The van der Waals surface area contributed by atoms with Gasteiger partial charge >= 0.3 is 11.9 Å². The molecule has 1 aromatic heterocycles. The van der Waals surface area contributed by atoms with Crippen molar-refractivity contribution >= 4 is 11.9 Å².